The standard InChI is InChI=1S/C21H24N2O3/c1-15-18(21(25)26-2)7-6-8-19(15)22-20(24)16-9-11-17(12-10-16)23-13-4-3-5-14-23/h6-12H,3-5,13-14H2,1-2H3,(H,22,24). The third kappa shape index (κ3) is 3.87. The number of carbonyl (C=O) groups is 2. The van der Waals surface area contributed by atoms with Gasteiger partial charge in [-0.05, 0) is 68.1 Å². The van der Waals surface area contributed by atoms with Gasteiger partial charge in [-0.15, -0.1) is 0 Å². The molecule has 2 aromatic rings. The van der Waals surface area contributed by atoms with E-state index in [0.717, 1.165) is 18.8 Å². The average Bonchev–Trinajstić information content (AvgIpc) is 2.69. The summed E-state index contributed by atoms with van der Waals surface area (Å²) >= 11 is 0. The van der Waals surface area contributed by atoms with Gasteiger partial charge in [0.15, 0.2) is 0 Å². The van der Waals surface area contributed by atoms with Gasteiger partial charge in [-0.3, -0.25) is 4.79 Å². The Labute approximate surface area is 154 Å². The van der Waals surface area contributed by atoms with Crippen LogP contribution in [0, 0.1) is 6.92 Å². The van der Waals surface area contributed by atoms with Crippen LogP contribution in [0.15, 0.2) is 42.5 Å². The molecule has 5 nitrogen and oxygen atoms in total. The van der Waals surface area contributed by atoms with Crippen LogP contribution in [0.5, 0.6) is 0 Å². The molecule has 0 aromatic heterocycles. The number of carbonyl (C=O) groups excluding carboxylic acids is 2. The van der Waals surface area contributed by atoms with E-state index in [1.54, 1.807) is 25.1 Å². The van der Waals surface area contributed by atoms with Crippen molar-refractivity contribution in [3.05, 3.63) is 59.2 Å². The molecule has 1 N–H and O–H groups in total. The molecule has 0 radical (unpaired) electrons. The topological polar surface area (TPSA) is 58.6 Å². The van der Waals surface area contributed by atoms with E-state index in [2.05, 4.69) is 10.2 Å². The maximum atomic E-state index is 12.6. The Balaban J connectivity index is 1.73. The van der Waals surface area contributed by atoms with Crippen LogP contribution in [0.3, 0.4) is 0 Å². The fourth-order valence-corrected chi connectivity index (χ4v) is 3.27. The van der Waals surface area contributed by atoms with E-state index in [9.17, 15) is 9.59 Å². The molecule has 3 rings (SSSR count). The molecule has 0 aliphatic carbocycles. The Morgan fingerprint density at radius 3 is 2.35 bits per heavy atom. The second-order valence-electron chi connectivity index (χ2n) is 6.52. The molecule has 0 atom stereocenters. The lowest BCUT2D eigenvalue weighted by Crippen LogP contribution is -2.29. The van der Waals surface area contributed by atoms with Gasteiger partial charge in [0.25, 0.3) is 5.91 Å². The minimum atomic E-state index is -0.413. The molecule has 5 heteroatoms. The van der Waals surface area contributed by atoms with Gasteiger partial charge in [-0.2, -0.15) is 0 Å². The van der Waals surface area contributed by atoms with E-state index in [-0.39, 0.29) is 5.91 Å². The van der Waals surface area contributed by atoms with Gasteiger partial charge in [-0.1, -0.05) is 6.07 Å². The number of methoxy groups -OCH3 is 1. The van der Waals surface area contributed by atoms with Crippen molar-refractivity contribution < 1.29 is 14.3 Å². The Morgan fingerprint density at radius 1 is 1.00 bits per heavy atom. The number of anilines is 2. The molecule has 136 valence electrons. The first-order valence-electron chi connectivity index (χ1n) is 8.94. The normalized spacial score (nSPS) is 14.0. The van der Waals surface area contributed by atoms with E-state index >= 15 is 0 Å². The summed E-state index contributed by atoms with van der Waals surface area (Å²) in [5.74, 6) is -0.607. The number of nitrogens with one attached hydrogen (secondary N) is 1. The van der Waals surface area contributed by atoms with Crippen LogP contribution in [0.2, 0.25) is 0 Å². The quantitative estimate of drug-likeness (QED) is 0.844. The largest absolute Gasteiger partial charge is 0.465 e. The van der Waals surface area contributed by atoms with Crippen LogP contribution in [-0.4, -0.2) is 32.1 Å². The van der Waals surface area contributed by atoms with Gasteiger partial charge in [0, 0.05) is 30.0 Å². The molecule has 0 unspecified atom stereocenters. The summed E-state index contributed by atoms with van der Waals surface area (Å²) in [5, 5.41) is 2.88. The first kappa shape index (κ1) is 18.0. The van der Waals surface area contributed by atoms with E-state index in [1.807, 2.05) is 24.3 Å². The summed E-state index contributed by atoms with van der Waals surface area (Å²) in [6.45, 7) is 3.94. The summed E-state index contributed by atoms with van der Waals surface area (Å²) in [4.78, 5) is 26.7. The lowest BCUT2D eigenvalue weighted by atomic mass is 10.1. The summed E-state index contributed by atoms with van der Waals surface area (Å²) < 4.78 is 4.78. The third-order valence-corrected chi connectivity index (χ3v) is 4.84. The highest BCUT2D eigenvalue weighted by Gasteiger charge is 2.15. The van der Waals surface area contributed by atoms with E-state index in [0.29, 0.717) is 22.4 Å². The maximum absolute atomic E-state index is 12.6. The minimum Gasteiger partial charge on any atom is -0.465 e. The first-order valence-corrected chi connectivity index (χ1v) is 8.94. The zero-order chi connectivity index (χ0) is 18.5. The highest BCUT2D eigenvalue weighted by molar-refractivity contribution is 6.05. The van der Waals surface area contributed by atoms with Crippen LogP contribution in [0.4, 0.5) is 11.4 Å². The van der Waals surface area contributed by atoms with E-state index < -0.39 is 5.97 Å². The molecule has 0 bridgehead atoms. The van der Waals surface area contributed by atoms with Crippen molar-refractivity contribution >= 4 is 23.3 Å². The molecular formula is C21H24N2O3. The molecule has 1 heterocycles. The summed E-state index contributed by atoms with van der Waals surface area (Å²) in [5.41, 5.74) is 3.50. The predicted octanol–water partition coefficient (Wildman–Crippen LogP) is 4.02. The average molecular weight is 352 g/mol. The molecule has 2 aromatic carbocycles. The smallest absolute Gasteiger partial charge is 0.338 e. The van der Waals surface area contributed by atoms with Crippen molar-refractivity contribution in [2.45, 2.75) is 26.2 Å². The zero-order valence-corrected chi connectivity index (χ0v) is 15.2. The lowest BCUT2D eigenvalue weighted by Gasteiger charge is -2.28. The van der Waals surface area contributed by atoms with Crippen molar-refractivity contribution in [3.8, 4) is 0 Å². The number of hydrogen-bond donors (Lipinski definition) is 1. The molecule has 1 saturated heterocycles. The molecule has 0 spiro atoms. The number of ether oxygens (including phenoxy) is 1. The number of amides is 1. The SMILES string of the molecule is COC(=O)c1cccc(NC(=O)c2ccc(N3CCCCC3)cc2)c1C. The van der Waals surface area contributed by atoms with Gasteiger partial charge >= 0.3 is 5.97 Å². The fraction of sp³-hybridized carbons (Fsp3) is 0.333. The van der Waals surface area contributed by atoms with Crippen molar-refractivity contribution in [1.29, 1.82) is 0 Å². The molecular weight excluding hydrogens is 328 g/mol. The Morgan fingerprint density at radius 2 is 1.69 bits per heavy atom. The molecule has 1 aliphatic rings. The third-order valence-electron chi connectivity index (χ3n) is 4.84. The number of esters is 1. The van der Waals surface area contributed by atoms with Gasteiger partial charge < -0.3 is 15.0 Å². The van der Waals surface area contributed by atoms with Crippen molar-refractivity contribution in [1.82, 2.24) is 0 Å². The van der Waals surface area contributed by atoms with Gasteiger partial charge in [-0.25, -0.2) is 4.79 Å². The fourth-order valence-electron chi connectivity index (χ4n) is 3.27. The summed E-state index contributed by atoms with van der Waals surface area (Å²) in [6, 6.07) is 12.9. The molecule has 26 heavy (non-hydrogen) atoms. The second kappa shape index (κ2) is 8.04. The van der Waals surface area contributed by atoms with Gasteiger partial charge in [0.2, 0.25) is 0 Å². The van der Waals surface area contributed by atoms with Crippen LogP contribution in [0.25, 0.3) is 0 Å². The van der Waals surface area contributed by atoms with Crippen molar-refractivity contribution in [3.63, 3.8) is 0 Å². The minimum absolute atomic E-state index is 0.194. The van der Waals surface area contributed by atoms with Crippen LogP contribution in [0.1, 0.15) is 45.5 Å². The number of hydrogen-bond acceptors (Lipinski definition) is 4. The van der Waals surface area contributed by atoms with E-state index in [4.69, 9.17) is 4.74 Å². The Kier molecular flexibility index (Phi) is 5.56. The number of rotatable bonds is 4. The van der Waals surface area contributed by atoms with Crippen LogP contribution in [-0.2, 0) is 4.74 Å². The molecule has 1 amide bonds. The van der Waals surface area contributed by atoms with Crippen molar-refractivity contribution in [2.75, 3.05) is 30.4 Å². The first-order chi connectivity index (χ1) is 12.6. The molecule has 1 fully saturated rings. The molecule has 0 saturated carbocycles. The highest BCUT2D eigenvalue weighted by Crippen LogP contribution is 2.23. The number of nitrogens with zero attached hydrogens (tertiary/aromatic N) is 1. The van der Waals surface area contributed by atoms with E-state index in [1.165, 1.54) is 26.4 Å². The monoisotopic (exact) mass is 352 g/mol. The zero-order valence-electron chi connectivity index (χ0n) is 15.2. The summed E-state index contributed by atoms with van der Waals surface area (Å²) in [7, 11) is 1.34. The maximum Gasteiger partial charge on any atom is 0.338 e. The van der Waals surface area contributed by atoms with Gasteiger partial charge in [0.05, 0.1) is 12.7 Å². The van der Waals surface area contributed by atoms with Crippen molar-refractivity contribution in [2.24, 2.45) is 0 Å². The molecule has 1 aliphatic heterocycles. The Hall–Kier alpha value is -2.82. The second-order valence-corrected chi connectivity index (χ2v) is 6.52. The number of benzene rings is 2. The van der Waals surface area contributed by atoms with Gasteiger partial charge in [0.1, 0.15) is 0 Å². The lowest BCUT2D eigenvalue weighted by molar-refractivity contribution is 0.0599. The highest BCUT2D eigenvalue weighted by atomic mass is 16.5. The van der Waals surface area contributed by atoms with Crippen LogP contribution < -0.4 is 10.2 Å². The summed E-state index contributed by atoms with van der Waals surface area (Å²) in [6.07, 6.45) is 3.73. The van der Waals surface area contributed by atoms with Crippen LogP contribution >= 0.6 is 0 Å². The Bertz CT molecular complexity index is 793. The predicted molar refractivity (Wildman–Crippen MR) is 103 cm³/mol. The number of piperidine rings is 1.